The van der Waals surface area contributed by atoms with E-state index in [0.29, 0.717) is 6.54 Å². The van der Waals surface area contributed by atoms with Crippen LogP contribution < -0.4 is 10.6 Å². The molecule has 0 spiro atoms. The fraction of sp³-hybridized carbons (Fsp3) is 0.682. The van der Waals surface area contributed by atoms with Crippen LogP contribution in [0.15, 0.2) is 24.3 Å². The molecule has 1 aromatic rings. The summed E-state index contributed by atoms with van der Waals surface area (Å²) in [5, 5.41) is 15.9. The second-order valence-electron chi connectivity index (χ2n) is 7.20. The van der Waals surface area contributed by atoms with Crippen LogP contribution in [0.2, 0.25) is 0 Å². The zero-order chi connectivity index (χ0) is 19.0. The summed E-state index contributed by atoms with van der Waals surface area (Å²) in [7, 11) is 0. The van der Waals surface area contributed by atoms with Crippen molar-refractivity contribution >= 4 is 5.91 Å². The van der Waals surface area contributed by atoms with Crippen LogP contribution in [0.4, 0.5) is 0 Å². The summed E-state index contributed by atoms with van der Waals surface area (Å²) in [5.41, 5.74) is 0.807. The van der Waals surface area contributed by atoms with Gasteiger partial charge in [-0.1, -0.05) is 82.9 Å². The van der Waals surface area contributed by atoms with Crippen molar-refractivity contribution < 1.29 is 9.90 Å². The highest BCUT2D eigenvalue weighted by molar-refractivity contribution is 5.81. The van der Waals surface area contributed by atoms with Gasteiger partial charge in [0.15, 0.2) is 0 Å². The normalized spacial score (nSPS) is 12.1. The number of carbonyl (C=O) groups is 1. The molecule has 26 heavy (non-hydrogen) atoms. The van der Waals surface area contributed by atoms with E-state index in [4.69, 9.17) is 0 Å². The first-order valence-corrected chi connectivity index (χ1v) is 10.4. The largest absolute Gasteiger partial charge is 0.508 e. The SMILES string of the molecule is CCCCCCCCCCCCNC(=O)[C@@H](C)NCc1ccccc1O. The molecule has 0 aliphatic rings. The van der Waals surface area contributed by atoms with Crippen molar-refractivity contribution in [3.8, 4) is 5.75 Å². The summed E-state index contributed by atoms with van der Waals surface area (Å²) >= 11 is 0. The Morgan fingerprint density at radius 1 is 0.962 bits per heavy atom. The van der Waals surface area contributed by atoms with Crippen LogP contribution in [0.5, 0.6) is 5.75 Å². The monoisotopic (exact) mass is 362 g/mol. The first-order chi connectivity index (χ1) is 12.6. The highest BCUT2D eigenvalue weighted by Gasteiger charge is 2.12. The first kappa shape index (κ1) is 22.5. The molecule has 148 valence electrons. The average molecular weight is 363 g/mol. The second kappa shape index (κ2) is 14.6. The van der Waals surface area contributed by atoms with Crippen molar-refractivity contribution in [1.82, 2.24) is 10.6 Å². The van der Waals surface area contributed by atoms with E-state index in [-0.39, 0.29) is 17.7 Å². The summed E-state index contributed by atoms with van der Waals surface area (Å²) in [6.45, 7) is 5.34. The molecule has 0 radical (unpaired) electrons. The summed E-state index contributed by atoms with van der Waals surface area (Å²) < 4.78 is 0. The van der Waals surface area contributed by atoms with Crippen LogP contribution in [-0.4, -0.2) is 23.6 Å². The van der Waals surface area contributed by atoms with E-state index in [1.807, 2.05) is 19.1 Å². The summed E-state index contributed by atoms with van der Waals surface area (Å²) in [4.78, 5) is 12.1. The fourth-order valence-electron chi connectivity index (χ4n) is 2.99. The van der Waals surface area contributed by atoms with Gasteiger partial charge in [0.05, 0.1) is 6.04 Å². The molecule has 1 atom stereocenters. The van der Waals surface area contributed by atoms with E-state index in [1.54, 1.807) is 12.1 Å². The maximum atomic E-state index is 12.1. The fourth-order valence-corrected chi connectivity index (χ4v) is 2.99. The molecule has 0 aliphatic heterocycles. The molecule has 0 unspecified atom stereocenters. The first-order valence-electron chi connectivity index (χ1n) is 10.4. The number of phenolic OH excluding ortho intramolecular Hbond substituents is 1. The zero-order valence-corrected chi connectivity index (χ0v) is 16.7. The minimum Gasteiger partial charge on any atom is -0.508 e. The Bertz CT molecular complexity index is 491. The third-order valence-electron chi connectivity index (χ3n) is 4.81. The number of hydrogen-bond acceptors (Lipinski definition) is 3. The molecular weight excluding hydrogens is 324 g/mol. The highest BCUT2D eigenvalue weighted by atomic mass is 16.3. The van der Waals surface area contributed by atoms with E-state index in [1.165, 1.54) is 57.8 Å². The Morgan fingerprint density at radius 2 is 1.54 bits per heavy atom. The van der Waals surface area contributed by atoms with Gasteiger partial charge in [-0.05, 0) is 19.4 Å². The van der Waals surface area contributed by atoms with Gasteiger partial charge in [0, 0.05) is 18.7 Å². The quantitative estimate of drug-likeness (QED) is 0.389. The summed E-state index contributed by atoms with van der Waals surface area (Å²) in [5.74, 6) is 0.286. The number of hydrogen-bond donors (Lipinski definition) is 3. The lowest BCUT2D eigenvalue weighted by atomic mass is 10.1. The minimum atomic E-state index is -0.266. The number of phenols is 1. The van der Waals surface area contributed by atoms with Crippen molar-refractivity contribution in [3.63, 3.8) is 0 Å². The van der Waals surface area contributed by atoms with E-state index in [0.717, 1.165) is 18.5 Å². The van der Waals surface area contributed by atoms with Crippen LogP contribution in [0.3, 0.4) is 0 Å². The Hall–Kier alpha value is -1.55. The number of rotatable bonds is 15. The zero-order valence-electron chi connectivity index (χ0n) is 16.7. The van der Waals surface area contributed by atoms with Crippen LogP contribution in [0.1, 0.15) is 83.6 Å². The van der Waals surface area contributed by atoms with Crippen LogP contribution in [-0.2, 0) is 11.3 Å². The molecular formula is C22H38N2O2. The number of aromatic hydroxyl groups is 1. The lowest BCUT2D eigenvalue weighted by Gasteiger charge is -2.14. The molecule has 0 fully saturated rings. The van der Waals surface area contributed by atoms with Gasteiger partial charge in [-0.15, -0.1) is 0 Å². The molecule has 0 saturated heterocycles. The molecule has 0 aromatic heterocycles. The molecule has 4 heteroatoms. The average Bonchev–Trinajstić information content (AvgIpc) is 2.65. The van der Waals surface area contributed by atoms with Crippen molar-refractivity contribution in [3.05, 3.63) is 29.8 Å². The molecule has 0 bridgehead atoms. The van der Waals surface area contributed by atoms with E-state index >= 15 is 0 Å². The lowest BCUT2D eigenvalue weighted by Crippen LogP contribution is -2.42. The molecule has 4 nitrogen and oxygen atoms in total. The van der Waals surface area contributed by atoms with Crippen molar-refractivity contribution in [2.75, 3.05) is 6.54 Å². The second-order valence-corrected chi connectivity index (χ2v) is 7.20. The third kappa shape index (κ3) is 10.4. The molecule has 3 N–H and O–H groups in total. The van der Waals surface area contributed by atoms with E-state index < -0.39 is 0 Å². The minimum absolute atomic E-state index is 0.0244. The topological polar surface area (TPSA) is 61.4 Å². The van der Waals surface area contributed by atoms with Gasteiger partial charge in [0.1, 0.15) is 5.75 Å². The summed E-state index contributed by atoms with van der Waals surface area (Å²) in [6, 6.07) is 6.93. The van der Waals surface area contributed by atoms with Crippen molar-refractivity contribution in [1.29, 1.82) is 0 Å². The Morgan fingerprint density at radius 3 is 2.15 bits per heavy atom. The molecule has 0 saturated carbocycles. The highest BCUT2D eigenvalue weighted by Crippen LogP contribution is 2.15. The summed E-state index contributed by atoms with van der Waals surface area (Å²) in [6.07, 6.45) is 13.0. The van der Waals surface area contributed by atoms with Crippen molar-refractivity contribution in [2.45, 2.75) is 90.6 Å². The van der Waals surface area contributed by atoms with E-state index in [2.05, 4.69) is 17.6 Å². The third-order valence-corrected chi connectivity index (χ3v) is 4.81. The number of benzene rings is 1. The Labute approximate surface area is 159 Å². The predicted molar refractivity (Wildman–Crippen MR) is 109 cm³/mol. The maximum absolute atomic E-state index is 12.1. The van der Waals surface area contributed by atoms with Crippen molar-refractivity contribution in [2.24, 2.45) is 0 Å². The predicted octanol–water partition coefficient (Wildman–Crippen LogP) is 4.91. The maximum Gasteiger partial charge on any atom is 0.236 e. The van der Waals surface area contributed by atoms with Crippen LogP contribution >= 0.6 is 0 Å². The van der Waals surface area contributed by atoms with Gasteiger partial charge in [-0.2, -0.15) is 0 Å². The molecule has 1 aromatic carbocycles. The van der Waals surface area contributed by atoms with Gasteiger partial charge in [0.25, 0.3) is 0 Å². The lowest BCUT2D eigenvalue weighted by molar-refractivity contribution is -0.122. The Balaban J connectivity index is 1.98. The number of para-hydroxylation sites is 1. The standard InChI is InChI=1S/C22H38N2O2/c1-3-4-5-6-7-8-9-10-11-14-17-23-22(26)19(2)24-18-20-15-12-13-16-21(20)25/h12-13,15-16,19,24-25H,3-11,14,17-18H2,1-2H3,(H,23,26)/t19-/m1/s1. The van der Waals surface area contributed by atoms with Gasteiger partial charge >= 0.3 is 0 Å². The number of unbranched alkanes of at least 4 members (excludes halogenated alkanes) is 9. The smallest absolute Gasteiger partial charge is 0.236 e. The molecule has 0 aliphatic carbocycles. The molecule has 0 heterocycles. The van der Waals surface area contributed by atoms with Crippen LogP contribution in [0.25, 0.3) is 0 Å². The van der Waals surface area contributed by atoms with Crippen LogP contribution in [0, 0.1) is 0 Å². The number of nitrogens with one attached hydrogen (secondary N) is 2. The molecule has 1 amide bonds. The molecule has 1 rings (SSSR count). The number of amides is 1. The number of carbonyl (C=O) groups excluding carboxylic acids is 1. The van der Waals surface area contributed by atoms with E-state index in [9.17, 15) is 9.90 Å². The van der Waals surface area contributed by atoms with Gasteiger partial charge < -0.3 is 15.7 Å². The van der Waals surface area contributed by atoms with Gasteiger partial charge in [-0.25, -0.2) is 0 Å². The Kier molecular flexibility index (Phi) is 12.6. The van der Waals surface area contributed by atoms with Gasteiger partial charge in [-0.3, -0.25) is 4.79 Å². The van der Waals surface area contributed by atoms with Gasteiger partial charge in [0.2, 0.25) is 5.91 Å².